The quantitative estimate of drug-likeness (QED) is 0.611. The molecule has 1 fully saturated rings. The van der Waals surface area contributed by atoms with Crippen molar-refractivity contribution in [3.05, 3.63) is 59.7 Å². The van der Waals surface area contributed by atoms with Crippen LogP contribution in [0.15, 0.2) is 42.5 Å². The molecule has 1 aliphatic heterocycles. The van der Waals surface area contributed by atoms with Crippen molar-refractivity contribution < 1.29 is 28.6 Å². The predicted octanol–water partition coefficient (Wildman–Crippen LogP) is 3.05. The highest BCUT2D eigenvalue weighted by Crippen LogP contribution is 2.29. The minimum absolute atomic E-state index is 0.644. The van der Waals surface area contributed by atoms with E-state index >= 15 is 0 Å². The number of aliphatic carboxylic acids is 2. The molecule has 4 rings (SSSR count). The summed E-state index contributed by atoms with van der Waals surface area (Å²) in [6.45, 7) is 4.20. The minimum atomic E-state index is -1.82. The summed E-state index contributed by atoms with van der Waals surface area (Å²) in [6, 6.07) is 12.3. The van der Waals surface area contributed by atoms with Crippen LogP contribution in [0.5, 0.6) is 0 Å². The number of hydrogen-bond acceptors (Lipinski definition) is 6. The van der Waals surface area contributed by atoms with Crippen molar-refractivity contribution in [1.82, 2.24) is 9.88 Å². The number of thiazole rings is 1. The molecule has 158 valence electrons. The summed E-state index contributed by atoms with van der Waals surface area (Å²) in [5.41, 5.74) is 1.85. The summed E-state index contributed by atoms with van der Waals surface area (Å²) >= 11 is 1.72. The summed E-state index contributed by atoms with van der Waals surface area (Å²) < 4.78 is 27.5. The maximum absolute atomic E-state index is 13.3. The fraction of sp³-hybridized carbons (Fsp3) is 0.250. The standard InChI is InChI=1S/C18H17F2N3S.C2H2O4/c19-14-6-5-13(11-15(14)20)12-22-7-9-23(10-8-22)18-21-16-3-1-2-4-17(16)24-18;3-1(4)2(5)6/h1-6,11H,7-10,12H2;(H,3,4)(H,5,6). The molecule has 0 spiro atoms. The molecule has 2 N–H and O–H groups in total. The van der Waals surface area contributed by atoms with E-state index in [1.165, 1.54) is 16.8 Å². The highest BCUT2D eigenvalue weighted by Gasteiger charge is 2.20. The predicted molar refractivity (Wildman–Crippen MR) is 109 cm³/mol. The van der Waals surface area contributed by atoms with Crippen LogP contribution in [-0.4, -0.2) is 58.2 Å². The molecule has 3 aromatic rings. The first-order valence-corrected chi connectivity index (χ1v) is 9.88. The number of anilines is 1. The topological polar surface area (TPSA) is 94.0 Å². The Morgan fingerprint density at radius 2 is 1.63 bits per heavy atom. The van der Waals surface area contributed by atoms with E-state index < -0.39 is 23.6 Å². The van der Waals surface area contributed by atoms with Gasteiger partial charge in [0.2, 0.25) is 0 Å². The lowest BCUT2D eigenvalue weighted by Crippen LogP contribution is -2.45. The summed E-state index contributed by atoms with van der Waals surface area (Å²) in [4.78, 5) is 27.5. The third-order valence-electron chi connectivity index (χ3n) is 4.50. The average molecular weight is 435 g/mol. The Hall–Kier alpha value is -3.11. The molecule has 30 heavy (non-hydrogen) atoms. The van der Waals surface area contributed by atoms with Gasteiger partial charge in [-0.05, 0) is 29.8 Å². The number of carbonyl (C=O) groups is 2. The lowest BCUT2D eigenvalue weighted by molar-refractivity contribution is -0.159. The van der Waals surface area contributed by atoms with Crippen LogP contribution in [0.2, 0.25) is 0 Å². The lowest BCUT2D eigenvalue weighted by atomic mass is 10.2. The molecule has 0 aliphatic carbocycles. The van der Waals surface area contributed by atoms with Crippen molar-refractivity contribution in [2.24, 2.45) is 0 Å². The summed E-state index contributed by atoms with van der Waals surface area (Å²) in [6.07, 6.45) is 0. The molecule has 0 radical (unpaired) electrons. The van der Waals surface area contributed by atoms with Gasteiger partial charge in [-0.3, -0.25) is 4.90 Å². The van der Waals surface area contributed by atoms with E-state index in [2.05, 4.69) is 15.9 Å². The fourth-order valence-corrected chi connectivity index (χ4v) is 4.01. The molecule has 0 unspecified atom stereocenters. The zero-order valence-electron chi connectivity index (χ0n) is 15.8. The number of piperazine rings is 1. The molecule has 0 saturated carbocycles. The number of para-hydroxylation sites is 1. The first kappa shape index (κ1) is 21.6. The third-order valence-corrected chi connectivity index (χ3v) is 5.60. The minimum Gasteiger partial charge on any atom is -0.473 e. The van der Waals surface area contributed by atoms with Gasteiger partial charge in [-0.15, -0.1) is 0 Å². The van der Waals surface area contributed by atoms with Crippen LogP contribution in [0.3, 0.4) is 0 Å². The monoisotopic (exact) mass is 435 g/mol. The average Bonchev–Trinajstić information content (AvgIpc) is 3.16. The number of benzene rings is 2. The second-order valence-electron chi connectivity index (χ2n) is 6.59. The van der Waals surface area contributed by atoms with Crippen molar-refractivity contribution in [3.8, 4) is 0 Å². The normalized spacial score (nSPS) is 14.3. The number of rotatable bonds is 3. The van der Waals surface area contributed by atoms with Crippen molar-refractivity contribution >= 4 is 38.6 Å². The van der Waals surface area contributed by atoms with Gasteiger partial charge in [-0.2, -0.15) is 0 Å². The molecule has 1 saturated heterocycles. The van der Waals surface area contributed by atoms with Gasteiger partial charge in [-0.1, -0.05) is 29.5 Å². The fourth-order valence-electron chi connectivity index (χ4n) is 2.99. The van der Waals surface area contributed by atoms with Crippen LogP contribution in [0.4, 0.5) is 13.9 Å². The molecule has 10 heteroatoms. The van der Waals surface area contributed by atoms with Gasteiger partial charge in [0, 0.05) is 32.7 Å². The van der Waals surface area contributed by atoms with Gasteiger partial charge < -0.3 is 15.1 Å². The maximum Gasteiger partial charge on any atom is 0.414 e. The molecule has 2 heterocycles. The van der Waals surface area contributed by atoms with E-state index in [4.69, 9.17) is 24.8 Å². The van der Waals surface area contributed by atoms with E-state index in [1.54, 1.807) is 17.4 Å². The maximum atomic E-state index is 13.3. The summed E-state index contributed by atoms with van der Waals surface area (Å²) in [5, 5.41) is 15.8. The third kappa shape index (κ3) is 5.49. The molecule has 1 aliphatic rings. The second kappa shape index (κ2) is 9.59. The molecule has 0 bridgehead atoms. The van der Waals surface area contributed by atoms with Crippen molar-refractivity contribution in [1.29, 1.82) is 0 Å². The Kier molecular flexibility index (Phi) is 6.91. The van der Waals surface area contributed by atoms with Gasteiger partial charge in [0.05, 0.1) is 10.2 Å². The molecule has 7 nitrogen and oxygen atoms in total. The van der Waals surface area contributed by atoms with Gasteiger partial charge in [0.25, 0.3) is 0 Å². The number of carboxylic acid groups (broad SMARTS) is 2. The second-order valence-corrected chi connectivity index (χ2v) is 7.60. The van der Waals surface area contributed by atoms with Crippen molar-refractivity contribution in [2.45, 2.75) is 6.54 Å². The Bertz CT molecular complexity index is 1010. The highest BCUT2D eigenvalue weighted by atomic mass is 32.1. The first-order chi connectivity index (χ1) is 14.3. The zero-order valence-corrected chi connectivity index (χ0v) is 16.6. The van der Waals surface area contributed by atoms with E-state index in [0.717, 1.165) is 42.4 Å². The molecular formula is C20H19F2N3O4S. The van der Waals surface area contributed by atoms with Crippen LogP contribution >= 0.6 is 11.3 Å². The number of fused-ring (bicyclic) bond motifs is 1. The van der Waals surface area contributed by atoms with Gasteiger partial charge in [0.1, 0.15) is 0 Å². The van der Waals surface area contributed by atoms with Crippen molar-refractivity contribution in [2.75, 3.05) is 31.1 Å². The number of nitrogens with zero attached hydrogens (tertiary/aromatic N) is 3. The summed E-state index contributed by atoms with van der Waals surface area (Å²) in [7, 11) is 0. The Labute approximate surface area is 174 Å². The molecule has 0 amide bonds. The number of hydrogen-bond donors (Lipinski definition) is 2. The number of aromatic nitrogens is 1. The van der Waals surface area contributed by atoms with Gasteiger partial charge >= 0.3 is 11.9 Å². The van der Waals surface area contributed by atoms with E-state index in [9.17, 15) is 8.78 Å². The molecular weight excluding hydrogens is 416 g/mol. The van der Waals surface area contributed by atoms with Crippen LogP contribution in [0.25, 0.3) is 10.2 Å². The first-order valence-electron chi connectivity index (χ1n) is 9.06. The highest BCUT2D eigenvalue weighted by molar-refractivity contribution is 7.22. The number of carboxylic acids is 2. The Morgan fingerprint density at radius 3 is 2.23 bits per heavy atom. The lowest BCUT2D eigenvalue weighted by Gasteiger charge is -2.34. The zero-order chi connectivity index (χ0) is 21.7. The molecule has 1 aromatic heterocycles. The number of halogens is 2. The van der Waals surface area contributed by atoms with Gasteiger partial charge in [0.15, 0.2) is 16.8 Å². The molecule has 0 atom stereocenters. The van der Waals surface area contributed by atoms with E-state index in [0.29, 0.717) is 6.54 Å². The largest absolute Gasteiger partial charge is 0.473 e. The van der Waals surface area contributed by atoms with E-state index in [1.807, 2.05) is 18.2 Å². The van der Waals surface area contributed by atoms with Crippen molar-refractivity contribution in [3.63, 3.8) is 0 Å². The van der Waals surface area contributed by atoms with Crippen LogP contribution in [0.1, 0.15) is 5.56 Å². The van der Waals surface area contributed by atoms with Crippen LogP contribution in [-0.2, 0) is 16.1 Å². The van der Waals surface area contributed by atoms with E-state index in [-0.39, 0.29) is 0 Å². The SMILES string of the molecule is Fc1ccc(CN2CCN(c3nc4ccccc4s3)CC2)cc1F.O=C(O)C(=O)O. The molecule has 2 aromatic carbocycles. The van der Waals surface area contributed by atoms with Crippen LogP contribution in [0, 0.1) is 11.6 Å². The van der Waals surface area contributed by atoms with Gasteiger partial charge in [-0.25, -0.2) is 23.4 Å². The van der Waals surface area contributed by atoms with Crippen LogP contribution < -0.4 is 4.90 Å². The summed E-state index contributed by atoms with van der Waals surface area (Å²) in [5.74, 6) is -5.22. The Morgan fingerprint density at radius 1 is 0.967 bits per heavy atom. The Balaban J connectivity index is 0.000000377. The smallest absolute Gasteiger partial charge is 0.414 e.